The van der Waals surface area contributed by atoms with E-state index < -0.39 is 0 Å². The second-order valence-corrected chi connectivity index (χ2v) is 1.32. The molecule has 0 atom stereocenters. The highest BCUT2D eigenvalue weighted by Gasteiger charge is 1.95. The summed E-state index contributed by atoms with van der Waals surface area (Å²) in [6.45, 7) is 0. The molecule has 0 heteroatoms. The summed E-state index contributed by atoms with van der Waals surface area (Å²) in [6, 6.07) is 0. The normalized spacial score (nSPS) is 17.6. The molecule has 0 N–H and O–H groups in total. The fraction of sp³-hybridized carbons (Fsp3) is 0. The molecule has 1 rings (SSSR count). The van der Waals surface area contributed by atoms with Crippen molar-refractivity contribution >= 4 is 0 Å². The molecule has 33 valence electrons. The quantitative estimate of drug-likeness (QED) is 0.393. The lowest BCUT2D eigenvalue weighted by Gasteiger charge is -1.82. The summed E-state index contributed by atoms with van der Waals surface area (Å²) < 4.78 is 0. The van der Waals surface area contributed by atoms with Crippen LogP contribution in [0.25, 0.3) is 0 Å². The zero-order valence-corrected chi connectivity index (χ0v) is 3.89. The number of allylic oxidation sites excluding steroid dienone is 4. The second-order valence-electron chi connectivity index (χ2n) is 1.32. The molecule has 0 aromatic heterocycles. The van der Waals surface area contributed by atoms with Gasteiger partial charge in [0.25, 0.3) is 0 Å². The van der Waals surface area contributed by atoms with Crippen LogP contribution < -0.4 is 0 Å². The largest absolute Gasteiger partial charge is 0.119 e. The van der Waals surface area contributed by atoms with Gasteiger partial charge in [0.2, 0.25) is 0 Å². The lowest BCUT2D eigenvalue weighted by atomic mass is 10.2. The summed E-state index contributed by atoms with van der Waals surface area (Å²) in [5.74, 6) is 3.47. The minimum absolute atomic E-state index is 0.958. The predicted molar refractivity (Wildman–Crippen MR) is 30.4 cm³/mol. The Morgan fingerprint density at radius 3 is 2.14 bits per heavy atom. The van der Waals surface area contributed by atoms with Gasteiger partial charge in [-0.3, -0.25) is 0 Å². The SMILES string of the molecule is C#C[C]1C=CC=C1. The van der Waals surface area contributed by atoms with Gasteiger partial charge in [-0.25, -0.2) is 0 Å². The van der Waals surface area contributed by atoms with Crippen LogP contribution in [0.3, 0.4) is 0 Å². The monoisotopic (exact) mass is 89.0 g/mol. The Hall–Kier alpha value is -0.960. The molecule has 0 saturated carbocycles. The first-order valence-corrected chi connectivity index (χ1v) is 2.12. The summed E-state index contributed by atoms with van der Waals surface area (Å²) in [6.07, 6.45) is 12.7. The van der Waals surface area contributed by atoms with E-state index in [1.54, 1.807) is 0 Å². The second kappa shape index (κ2) is 1.66. The van der Waals surface area contributed by atoms with Crippen molar-refractivity contribution in [3.63, 3.8) is 0 Å². The Balaban J connectivity index is 2.65. The molecule has 7 heavy (non-hydrogen) atoms. The molecular formula is C7H5. The summed E-state index contributed by atoms with van der Waals surface area (Å²) in [7, 11) is 0. The Morgan fingerprint density at radius 1 is 1.29 bits per heavy atom. The number of terminal acetylenes is 1. The average Bonchev–Trinajstić information content (AvgIpc) is 2.14. The molecule has 0 nitrogen and oxygen atoms in total. The highest BCUT2D eigenvalue weighted by Crippen LogP contribution is 2.07. The first-order valence-electron chi connectivity index (χ1n) is 2.12. The van der Waals surface area contributed by atoms with E-state index in [4.69, 9.17) is 6.42 Å². The molecule has 0 aliphatic heterocycles. The Labute approximate surface area is 43.5 Å². The van der Waals surface area contributed by atoms with Crippen LogP contribution in [0.2, 0.25) is 0 Å². The smallest absolute Gasteiger partial charge is 0.0913 e. The fourth-order valence-corrected chi connectivity index (χ4v) is 0.470. The van der Waals surface area contributed by atoms with Crippen LogP contribution in [0, 0.1) is 18.3 Å². The van der Waals surface area contributed by atoms with Crippen molar-refractivity contribution in [1.29, 1.82) is 0 Å². The van der Waals surface area contributed by atoms with Gasteiger partial charge in [-0.05, 0) is 0 Å². The maximum absolute atomic E-state index is 5.04. The third kappa shape index (κ3) is 0.721. The van der Waals surface area contributed by atoms with Crippen molar-refractivity contribution in [3.05, 3.63) is 30.2 Å². The zero-order valence-electron chi connectivity index (χ0n) is 3.89. The molecular weight excluding hydrogens is 84.1 g/mol. The first kappa shape index (κ1) is 4.21. The Bertz CT molecular complexity index is 132. The molecule has 0 bridgehead atoms. The number of hydrogen-bond acceptors (Lipinski definition) is 0. The van der Waals surface area contributed by atoms with E-state index in [9.17, 15) is 0 Å². The molecule has 0 aromatic carbocycles. The fourth-order valence-electron chi connectivity index (χ4n) is 0.470. The van der Waals surface area contributed by atoms with Gasteiger partial charge in [0.05, 0.1) is 5.92 Å². The summed E-state index contributed by atoms with van der Waals surface area (Å²) in [4.78, 5) is 0. The van der Waals surface area contributed by atoms with E-state index in [0.29, 0.717) is 0 Å². The zero-order chi connectivity index (χ0) is 5.11. The standard InChI is InChI=1S/C7H5/c1-2-7-5-3-4-6-7/h1,3-6H. The molecule has 1 aliphatic carbocycles. The number of hydrogen-bond donors (Lipinski definition) is 0. The van der Waals surface area contributed by atoms with Crippen LogP contribution in [-0.4, -0.2) is 0 Å². The molecule has 0 amide bonds. The third-order valence-corrected chi connectivity index (χ3v) is 0.829. The van der Waals surface area contributed by atoms with Crippen molar-refractivity contribution < 1.29 is 0 Å². The summed E-state index contributed by atoms with van der Waals surface area (Å²) in [5.41, 5.74) is 0. The molecule has 1 aliphatic rings. The molecule has 1 radical (unpaired) electrons. The topological polar surface area (TPSA) is 0 Å². The molecule has 0 fully saturated rings. The van der Waals surface area contributed by atoms with Crippen molar-refractivity contribution in [2.24, 2.45) is 0 Å². The lowest BCUT2D eigenvalue weighted by Crippen LogP contribution is -1.73. The van der Waals surface area contributed by atoms with Crippen LogP contribution in [0.4, 0.5) is 0 Å². The Kier molecular flexibility index (Phi) is 0.997. The van der Waals surface area contributed by atoms with Crippen LogP contribution in [-0.2, 0) is 0 Å². The van der Waals surface area contributed by atoms with Crippen molar-refractivity contribution in [3.8, 4) is 12.3 Å². The minimum atomic E-state index is 0.958. The van der Waals surface area contributed by atoms with Gasteiger partial charge < -0.3 is 0 Å². The van der Waals surface area contributed by atoms with Gasteiger partial charge in [0.1, 0.15) is 0 Å². The predicted octanol–water partition coefficient (Wildman–Crippen LogP) is 1.32. The lowest BCUT2D eigenvalue weighted by molar-refractivity contribution is 1.62. The molecule has 0 heterocycles. The van der Waals surface area contributed by atoms with E-state index in [-0.39, 0.29) is 0 Å². The van der Waals surface area contributed by atoms with Crippen molar-refractivity contribution in [2.75, 3.05) is 0 Å². The van der Waals surface area contributed by atoms with Crippen LogP contribution >= 0.6 is 0 Å². The van der Waals surface area contributed by atoms with Crippen molar-refractivity contribution in [1.82, 2.24) is 0 Å². The molecule has 0 saturated heterocycles. The van der Waals surface area contributed by atoms with Gasteiger partial charge in [-0.2, -0.15) is 0 Å². The molecule has 0 spiro atoms. The van der Waals surface area contributed by atoms with E-state index in [1.807, 2.05) is 24.3 Å². The molecule has 0 aromatic rings. The van der Waals surface area contributed by atoms with Crippen LogP contribution in [0.1, 0.15) is 0 Å². The van der Waals surface area contributed by atoms with Crippen LogP contribution in [0.5, 0.6) is 0 Å². The maximum atomic E-state index is 5.04. The maximum Gasteiger partial charge on any atom is 0.0913 e. The highest BCUT2D eigenvalue weighted by atomic mass is 14.0. The van der Waals surface area contributed by atoms with E-state index in [0.717, 1.165) is 5.92 Å². The van der Waals surface area contributed by atoms with Crippen molar-refractivity contribution in [2.45, 2.75) is 0 Å². The van der Waals surface area contributed by atoms with Gasteiger partial charge >= 0.3 is 0 Å². The van der Waals surface area contributed by atoms with E-state index in [1.165, 1.54) is 0 Å². The summed E-state index contributed by atoms with van der Waals surface area (Å²) >= 11 is 0. The van der Waals surface area contributed by atoms with E-state index >= 15 is 0 Å². The Morgan fingerprint density at radius 2 is 1.86 bits per heavy atom. The average molecular weight is 89.1 g/mol. The summed E-state index contributed by atoms with van der Waals surface area (Å²) in [5, 5.41) is 0. The highest BCUT2D eigenvalue weighted by molar-refractivity contribution is 5.44. The van der Waals surface area contributed by atoms with Gasteiger partial charge in [-0.15, -0.1) is 6.42 Å². The number of rotatable bonds is 0. The van der Waals surface area contributed by atoms with Gasteiger partial charge in [0, 0.05) is 0 Å². The third-order valence-electron chi connectivity index (χ3n) is 0.829. The van der Waals surface area contributed by atoms with E-state index in [2.05, 4.69) is 5.92 Å². The minimum Gasteiger partial charge on any atom is -0.119 e. The first-order chi connectivity index (χ1) is 3.43. The molecule has 0 unspecified atom stereocenters. The van der Waals surface area contributed by atoms with Gasteiger partial charge in [0.15, 0.2) is 0 Å². The van der Waals surface area contributed by atoms with Gasteiger partial charge in [-0.1, -0.05) is 30.2 Å². The van der Waals surface area contributed by atoms with Crippen LogP contribution in [0.15, 0.2) is 24.3 Å².